The fraction of sp³-hybridized carbons (Fsp3) is 0.571. The van der Waals surface area contributed by atoms with Crippen LogP contribution in [-0.4, -0.2) is 13.1 Å². The minimum Gasteiger partial charge on any atom is -0.368 e. The molecule has 0 aliphatic carbocycles. The Kier molecular flexibility index (Phi) is 2.72. The first-order valence-corrected chi connectivity index (χ1v) is 5.99. The van der Waals surface area contributed by atoms with E-state index in [-0.39, 0.29) is 0 Å². The van der Waals surface area contributed by atoms with Gasteiger partial charge >= 0.3 is 0 Å². The number of anilines is 1. The van der Waals surface area contributed by atoms with Gasteiger partial charge in [0.25, 0.3) is 0 Å². The fourth-order valence-electron chi connectivity index (χ4n) is 2.15. The average molecular weight is 203 g/mol. The van der Waals surface area contributed by atoms with Gasteiger partial charge in [-0.05, 0) is 23.0 Å². The maximum absolute atomic E-state index is 2.49. The molecule has 1 heteroatoms. The van der Waals surface area contributed by atoms with Crippen LogP contribution in [0.25, 0.3) is 0 Å². The van der Waals surface area contributed by atoms with Crippen molar-refractivity contribution in [1.82, 2.24) is 0 Å². The third kappa shape index (κ3) is 2.01. The minimum absolute atomic E-state index is 0.624. The Bertz CT molecular complexity index is 322. The van der Waals surface area contributed by atoms with E-state index in [9.17, 15) is 0 Å². The molecule has 82 valence electrons. The van der Waals surface area contributed by atoms with Crippen LogP contribution in [0.3, 0.4) is 0 Å². The highest BCUT2D eigenvalue weighted by Crippen LogP contribution is 2.37. The van der Waals surface area contributed by atoms with E-state index in [4.69, 9.17) is 0 Å². The first kappa shape index (κ1) is 10.5. The molecule has 1 saturated heterocycles. The molecule has 0 N–H and O–H groups in total. The van der Waals surface area contributed by atoms with Gasteiger partial charge in [0.1, 0.15) is 0 Å². The highest BCUT2D eigenvalue weighted by atomic mass is 15.3. The Hall–Kier alpha value is -0.980. The van der Waals surface area contributed by atoms with E-state index in [2.05, 4.69) is 50.8 Å². The quantitative estimate of drug-likeness (QED) is 0.676. The van der Waals surface area contributed by atoms with Gasteiger partial charge in [-0.15, -0.1) is 0 Å². The molecule has 1 fully saturated rings. The van der Waals surface area contributed by atoms with Crippen LogP contribution in [0.5, 0.6) is 0 Å². The minimum atomic E-state index is 0.624. The molecule has 0 aromatic heterocycles. The molecule has 1 aliphatic rings. The van der Waals surface area contributed by atoms with Gasteiger partial charge in [0.15, 0.2) is 0 Å². The van der Waals surface area contributed by atoms with Crippen molar-refractivity contribution in [2.45, 2.75) is 39.5 Å². The van der Waals surface area contributed by atoms with Crippen molar-refractivity contribution in [3.63, 3.8) is 0 Å². The highest BCUT2D eigenvalue weighted by molar-refractivity contribution is 5.65. The Morgan fingerprint density at radius 2 is 1.40 bits per heavy atom. The van der Waals surface area contributed by atoms with E-state index in [1.165, 1.54) is 29.9 Å². The number of rotatable bonds is 3. The van der Waals surface area contributed by atoms with Crippen LogP contribution in [0.15, 0.2) is 18.2 Å². The lowest BCUT2D eigenvalue weighted by atomic mass is 9.92. The van der Waals surface area contributed by atoms with Gasteiger partial charge in [-0.2, -0.15) is 0 Å². The van der Waals surface area contributed by atoms with E-state index in [0.717, 1.165) is 0 Å². The van der Waals surface area contributed by atoms with E-state index in [1.807, 2.05) is 0 Å². The van der Waals surface area contributed by atoms with Gasteiger partial charge in [-0.1, -0.05) is 45.9 Å². The lowest BCUT2D eigenvalue weighted by molar-refractivity contribution is 0.832. The Morgan fingerprint density at radius 1 is 0.933 bits per heavy atom. The number of benzene rings is 1. The zero-order chi connectivity index (χ0) is 11.0. The standard InChI is InChI=1S/C14H21N/c1-10(2)12-6-5-7-13(11(3)4)14(12)15-8-9-15/h5-7,10-11H,8-9H2,1-4H3. The van der Waals surface area contributed by atoms with Crippen LogP contribution >= 0.6 is 0 Å². The van der Waals surface area contributed by atoms with Gasteiger partial charge in [0.2, 0.25) is 0 Å². The molecule has 15 heavy (non-hydrogen) atoms. The number of hydrogen-bond acceptors (Lipinski definition) is 1. The average Bonchev–Trinajstić information content (AvgIpc) is 2.99. The molecular formula is C14H21N. The van der Waals surface area contributed by atoms with Crippen LogP contribution in [0.4, 0.5) is 5.69 Å². The number of para-hydroxylation sites is 1. The summed E-state index contributed by atoms with van der Waals surface area (Å²) in [4.78, 5) is 2.49. The van der Waals surface area contributed by atoms with Crippen LogP contribution in [0.2, 0.25) is 0 Å². The van der Waals surface area contributed by atoms with Crippen molar-refractivity contribution in [3.8, 4) is 0 Å². The maximum atomic E-state index is 2.49. The maximum Gasteiger partial charge on any atom is 0.0437 e. The van der Waals surface area contributed by atoms with Crippen molar-refractivity contribution in [1.29, 1.82) is 0 Å². The monoisotopic (exact) mass is 203 g/mol. The summed E-state index contributed by atoms with van der Waals surface area (Å²) in [6, 6.07) is 6.77. The molecule has 0 unspecified atom stereocenters. The molecule has 0 spiro atoms. The second-order valence-electron chi connectivity index (χ2n) is 5.08. The zero-order valence-electron chi connectivity index (χ0n) is 10.2. The van der Waals surface area contributed by atoms with Crippen molar-refractivity contribution >= 4 is 5.69 Å². The molecule has 2 rings (SSSR count). The molecule has 1 aliphatic heterocycles. The Morgan fingerprint density at radius 3 is 1.73 bits per heavy atom. The normalized spacial score (nSPS) is 15.2. The van der Waals surface area contributed by atoms with Crippen molar-refractivity contribution < 1.29 is 0 Å². The largest absolute Gasteiger partial charge is 0.368 e. The first-order chi connectivity index (χ1) is 7.11. The molecule has 0 amide bonds. The highest BCUT2D eigenvalue weighted by Gasteiger charge is 2.25. The number of hydrogen-bond donors (Lipinski definition) is 0. The van der Waals surface area contributed by atoms with Crippen molar-refractivity contribution in [2.24, 2.45) is 0 Å². The molecule has 1 aromatic rings. The van der Waals surface area contributed by atoms with E-state index < -0.39 is 0 Å². The second-order valence-corrected chi connectivity index (χ2v) is 5.08. The van der Waals surface area contributed by atoms with Gasteiger partial charge in [0.05, 0.1) is 0 Å². The van der Waals surface area contributed by atoms with E-state index >= 15 is 0 Å². The summed E-state index contributed by atoms with van der Waals surface area (Å²) in [5.41, 5.74) is 4.54. The van der Waals surface area contributed by atoms with Crippen molar-refractivity contribution in [2.75, 3.05) is 18.0 Å². The third-order valence-corrected chi connectivity index (χ3v) is 3.11. The molecule has 0 saturated carbocycles. The molecule has 1 aromatic carbocycles. The predicted molar refractivity (Wildman–Crippen MR) is 66.8 cm³/mol. The van der Waals surface area contributed by atoms with Gasteiger partial charge in [-0.25, -0.2) is 0 Å². The summed E-state index contributed by atoms with van der Waals surface area (Å²) in [6.07, 6.45) is 0. The Balaban J connectivity index is 2.50. The summed E-state index contributed by atoms with van der Waals surface area (Å²) in [7, 11) is 0. The van der Waals surface area contributed by atoms with E-state index in [0.29, 0.717) is 11.8 Å². The van der Waals surface area contributed by atoms with Crippen LogP contribution in [0.1, 0.15) is 50.7 Å². The summed E-state index contributed by atoms with van der Waals surface area (Å²) >= 11 is 0. The fourth-order valence-corrected chi connectivity index (χ4v) is 2.15. The second kappa shape index (κ2) is 3.88. The summed E-state index contributed by atoms with van der Waals surface area (Å²) < 4.78 is 0. The smallest absolute Gasteiger partial charge is 0.0437 e. The zero-order valence-corrected chi connectivity index (χ0v) is 10.2. The Labute approximate surface area is 93.1 Å². The topological polar surface area (TPSA) is 3.01 Å². The van der Waals surface area contributed by atoms with Crippen LogP contribution in [0, 0.1) is 0 Å². The summed E-state index contributed by atoms with van der Waals surface area (Å²) in [5.74, 6) is 1.25. The molecule has 1 heterocycles. The molecular weight excluding hydrogens is 182 g/mol. The lowest BCUT2D eigenvalue weighted by Gasteiger charge is -2.20. The third-order valence-electron chi connectivity index (χ3n) is 3.11. The van der Waals surface area contributed by atoms with Gasteiger partial charge in [-0.3, -0.25) is 0 Å². The number of nitrogens with zero attached hydrogens (tertiary/aromatic N) is 1. The van der Waals surface area contributed by atoms with Crippen molar-refractivity contribution in [3.05, 3.63) is 29.3 Å². The predicted octanol–water partition coefficient (Wildman–Crippen LogP) is 3.75. The summed E-state index contributed by atoms with van der Waals surface area (Å²) in [5, 5.41) is 0. The van der Waals surface area contributed by atoms with E-state index in [1.54, 1.807) is 0 Å². The lowest BCUT2D eigenvalue weighted by Crippen LogP contribution is -2.04. The molecule has 0 radical (unpaired) electrons. The first-order valence-electron chi connectivity index (χ1n) is 5.99. The summed E-state index contributed by atoms with van der Waals surface area (Å²) in [6.45, 7) is 11.6. The van der Waals surface area contributed by atoms with Crippen LogP contribution in [-0.2, 0) is 0 Å². The van der Waals surface area contributed by atoms with Crippen LogP contribution < -0.4 is 4.90 Å². The van der Waals surface area contributed by atoms with Gasteiger partial charge in [0, 0.05) is 18.8 Å². The molecule has 1 nitrogen and oxygen atoms in total. The SMILES string of the molecule is CC(C)c1cccc(C(C)C)c1N1CC1. The van der Waals surface area contributed by atoms with Gasteiger partial charge < -0.3 is 4.90 Å². The molecule has 0 atom stereocenters. The molecule has 0 bridgehead atoms.